The molecular weight excluding hydrogens is 288 g/mol. The van der Waals surface area contributed by atoms with Gasteiger partial charge in [0.15, 0.2) is 0 Å². The van der Waals surface area contributed by atoms with Gasteiger partial charge in [0.1, 0.15) is 17.3 Å². The van der Waals surface area contributed by atoms with Crippen LogP contribution in [-0.2, 0) is 6.54 Å². The van der Waals surface area contributed by atoms with Crippen molar-refractivity contribution in [2.75, 3.05) is 11.9 Å². The molecule has 0 radical (unpaired) electrons. The summed E-state index contributed by atoms with van der Waals surface area (Å²) in [5, 5.41) is 2.94. The number of rotatable bonds is 6. The van der Waals surface area contributed by atoms with Crippen LogP contribution in [-0.4, -0.2) is 29.0 Å². The smallest absolute Gasteiger partial charge is 0.270 e. The van der Waals surface area contributed by atoms with E-state index >= 15 is 0 Å². The van der Waals surface area contributed by atoms with Gasteiger partial charge in [0.2, 0.25) is 0 Å². The molecule has 5 heteroatoms. The first-order chi connectivity index (χ1) is 11.0. The molecule has 1 amide bonds. The van der Waals surface area contributed by atoms with Crippen molar-refractivity contribution in [2.45, 2.75) is 39.8 Å². The van der Waals surface area contributed by atoms with Crippen LogP contribution in [0.3, 0.4) is 0 Å². The summed E-state index contributed by atoms with van der Waals surface area (Å²) < 4.78 is 0. The molecule has 0 fully saturated rings. The number of nitrogens with one attached hydrogen (secondary N) is 1. The van der Waals surface area contributed by atoms with Crippen molar-refractivity contribution < 1.29 is 4.79 Å². The third-order valence-electron chi connectivity index (χ3n) is 3.70. The Hall–Kier alpha value is -2.43. The Labute approximate surface area is 137 Å². The van der Waals surface area contributed by atoms with Gasteiger partial charge in [0, 0.05) is 25.7 Å². The zero-order valence-corrected chi connectivity index (χ0v) is 14.2. The normalized spacial score (nSPS) is 11.8. The Balaban J connectivity index is 2.17. The van der Waals surface area contributed by atoms with Crippen molar-refractivity contribution in [1.82, 2.24) is 15.3 Å². The maximum atomic E-state index is 12.3. The van der Waals surface area contributed by atoms with Crippen LogP contribution in [0.15, 0.2) is 36.4 Å². The first kappa shape index (κ1) is 16.9. The summed E-state index contributed by atoms with van der Waals surface area (Å²) in [5.74, 6) is 1.19. The van der Waals surface area contributed by atoms with Crippen LogP contribution in [0.5, 0.6) is 0 Å². The van der Waals surface area contributed by atoms with E-state index in [2.05, 4.69) is 27.4 Å². The van der Waals surface area contributed by atoms with Gasteiger partial charge in [-0.1, -0.05) is 37.3 Å². The van der Waals surface area contributed by atoms with Crippen LogP contribution >= 0.6 is 0 Å². The van der Waals surface area contributed by atoms with Gasteiger partial charge >= 0.3 is 0 Å². The number of anilines is 1. The molecule has 122 valence electrons. The predicted molar refractivity (Wildman–Crippen MR) is 92.5 cm³/mol. The molecule has 0 bridgehead atoms. The average molecular weight is 312 g/mol. The maximum absolute atomic E-state index is 12.3. The van der Waals surface area contributed by atoms with E-state index in [4.69, 9.17) is 0 Å². The van der Waals surface area contributed by atoms with E-state index in [0.29, 0.717) is 11.5 Å². The van der Waals surface area contributed by atoms with Crippen LogP contribution in [0.25, 0.3) is 0 Å². The van der Waals surface area contributed by atoms with Gasteiger partial charge in [-0.3, -0.25) is 4.79 Å². The maximum Gasteiger partial charge on any atom is 0.270 e. The molecule has 1 aromatic carbocycles. The number of hydrogen-bond acceptors (Lipinski definition) is 4. The van der Waals surface area contributed by atoms with E-state index in [1.807, 2.05) is 44.0 Å². The monoisotopic (exact) mass is 312 g/mol. The molecular formula is C18H24N4O. The highest BCUT2D eigenvalue weighted by Crippen LogP contribution is 2.14. The van der Waals surface area contributed by atoms with Gasteiger partial charge in [-0.05, 0) is 25.8 Å². The van der Waals surface area contributed by atoms with E-state index < -0.39 is 0 Å². The second kappa shape index (κ2) is 7.72. The number of hydrogen-bond donors (Lipinski definition) is 1. The lowest BCUT2D eigenvalue weighted by atomic mass is 10.2. The van der Waals surface area contributed by atoms with Gasteiger partial charge in [0.05, 0.1) is 0 Å². The van der Waals surface area contributed by atoms with Gasteiger partial charge < -0.3 is 10.2 Å². The van der Waals surface area contributed by atoms with Gasteiger partial charge in [-0.25, -0.2) is 9.97 Å². The van der Waals surface area contributed by atoms with Crippen molar-refractivity contribution in [1.29, 1.82) is 0 Å². The van der Waals surface area contributed by atoms with E-state index in [0.717, 1.165) is 18.8 Å². The van der Waals surface area contributed by atoms with Crippen LogP contribution in [0, 0.1) is 6.92 Å². The molecule has 0 saturated heterocycles. The van der Waals surface area contributed by atoms with Crippen molar-refractivity contribution in [3.05, 3.63) is 53.5 Å². The Kier molecular flexibility index (Phi) is 5.68. The summed E-state index contributed by atoms with van der Waals surface area (Å²) in [6.07, 6.45) is 0.885. The topological polar surface area (TPSA) is 58.1 Å². The Bertz CT molecular complexity index is 657. The largest absolute Gasteiger partial charge is 0.355 e. The third kappa shape index (κ3) is 4.77. The molecule has 0 aliphatic rings. The van der Waals surface area contributed by atoms with Crippen LogP contribution < -0.4 is 10.2 Å². The summed E-state index contributed by atoms with van der Waals surface area (Å²) in [5.41, 5.74) is 1.60. The second-order valence-corrected chi connectivity index (χ2v) is 5.78. The van der Waals surface area contributed by atoms with E-state index in [1.54, 1.807) is 13.0 Å². The highest BCUT2D eigenvalue weighted by atomic mass is 16.1. The third-order valence-corrected chi connectivity index (χ3v) is 3.70. The van der Waals surface area contributed by atoms with Gasteiger partial charge in [-0.15, -0.1) is 0 Å². The van der Waals surface area contributed by atoms with Crippen LogP contribution in [0.4, 0.5) is 5.82 Å². The highest BCUT2D eigenvalue weighted by Gasteiger charge is 2.14. The van der Waals surface area contributed by atoms with E-state index in [-0.39, 0.29) is 11.9 Å². The number of aryl methyl sites for hydroxylation is 1. The van der Waals surface area contributed by atoms with Crippen molar-refractivity contribution in [3.63, 3.8) is 0 Å². The fourth-order valence-electron chi connectivity index (χ4n) is 2.20. The number of carbonyl (C=O) groups excluding carboxylic acids is 1. The van der Waals surface area contributed by atoms with E-state index in [9.17, 15) is 4.79 Å². The predicted octanol–water partition coefficient (Wildman–Crippen LogP) is 2.95. The zero-order chi connectivity index (χ0) is 16.8. The lowest BCUT2D eigenvalue weighted by Crippen LogP contribution is -2.33. The van der Waals surface area contributed by atoms with Gasteiger partial charge in [-0.2, -0.15) is 0 Å². The Morgan fingerprint density at radius 1 is 1.26 bits per heavy atom. The molecule has 23 heavy (non-hydrogen) atoms. The lowest BCUT2D eigenvalue weighted by molar-refractivity contribution is 0.0934. The molecule has 1 unspecified atom stereocenters. The number of benzene rings is 1. The van der Waals surface area contributed by atoms with Crippen molar-refractivity contribution in [2.24, 2.45) is 0 Å². The summed E-state index contributed by atoms with van der Waals surface area (Å²) in [6, 6.07) is 12.0. The molecule has 5 nitrogen and oxygen atoms in total. The molecule has 0 aliphatic heterocycles. The zero-order valence-electron chi connectivity index (χ0n) is 14.2. The SMILES string of the molecule is CCC(C)NC(=O)c1cc(N(C)Cc2ccccc2)nc(C)n1. The molecule has 1 aromatic heterocycles. The quantitative estimate of drug-likeness (QED) is 0.891. The van der Waals surface area contributed by atoms with Crippen molar-refractivity contribution >= 4 is 11.7 Å². The molecule has 2 rings (SSSR count). The molecule has 1 N–H and O–H groups in total. The number of carbonyl (C=O) groups is 1. The first-order valence-corrected chi connectivity index (χ1v) is 7.91. The second-order valence-electron chi connectivity index (χ2n) is 5.78. The number of amides is 1. The summed E-state index contributed by atoms with van der Waals surface area (Å²) >= 11 is 0. The summed E-state index contributed by atoms with van der Waals surface area (Å²) in [4.78, 5) is 23.0. The van der Waals surface area contributed by atoms with Gasteiger partial charge in [0.25, 0.3) is 5.91 Å². The molecule has 1 heterocycles. The fraction of sp³-hybridized carbons (Fsp3) is 0.389. The molecule has 1 atom stereocenters. The first-order valence-electron chi connectivity index (χ1n) is 7.91. The van der Waals surface area contributed by atoms with Crippen LogP contribution in [0.2, 0.25) is 0 Å². The average Bonchev–Trinajstić information content (AvgIpc) is 2.55. The fourth-order valence-corrected chi connectivity index (χ4v) is 2.20. The molecule has 0 spiro atoms. The minimum atomic E-state index is -0.154. The van der Waals surface area contributed by atoms with E-state index in [1.165, 1.54) is 5.56 Å². The number of aromatic nitrogens is 2. The summed E-state index contributed by atoms with van der Waals surface area (Å²) in [6.45, 7) is 6.55. The Morgan fingerprint density at radius 2 is 1.96 bits per heavy atom. The molecule has 2 aromatic rings. The minimum absolute atomic E-state index is 0.128. The Morgan fingerprint density at radius 3 is 2.61 bits per heavy atom. The molecule has 0 aliphatic carbocycles. The minimum Gasteiger partial charge on any atom is -0.355 e. The van der Waals surface area contributed by atoms with Crippen LogP contribution in [0.1, 0.15) is 42.1 Å². The lowest BCUT2D eigenvalue weighted by Gasteiger charge is -2.19. The number of nitrogens with zero attached hydrogens (tertiary/aromatic N) is 3. The summed E-state index contributed by atoms with van der Waals surface area (Å²) in [7, 11) is 1.96. The van der Waals surface area contributed by atoms with Crippen molar-refractivity contribution in [3.8, 4) is 0 Å². The standard InChI is InChI=1S/C18H24N4O/c1-5-13(2)19-18(23)16-11-17(21-14(3)20-16)22(4)12-15-9-7-6-8-10-15/h6-11,13H,5,12H2,1-4H3,(H,19,23). The molecule has 0 saturated carbocycles. The highest BCUT2D eigenvalue weighted by molar-refractivity contribution is 5.93.